The highest BCUT2D eigenvalue weighted by Crippen LogP contribution is 2.29. The Labute approximate surface area is 188 Å². The van der Waals surface area contributed by atoms with Crippen molar-refractivity contribution in [3.8, 4) is 11.5 Å². The number of rotatable bonds is 12. The fourth-order valence-electron chi connectivity index (χ4n) is 3.12. The van der Waals surface area contributed by atoms with Gasteiger partial charge in [0, 0.05) is 18.3 Å². The number of unbranched alkanes of at least 4 members (excludes halogenated alkanes) is 3. The van der Waals surface area contributed by atoms with Gasteiger partial charge in [-0.1, -0.05) is 44.4 Å². The molecule has 1 atom stereocenters. The molecule has 0 saturated heterocycles. The molecular weight excluding hydrogens is 452 g/mol. The molecule has 2 aromatic carbocycles. The Hall–Kier alpha value is -2.62. The van der Waals surface area contributed by atoms with Crippen molar-refractivity contribution < 1.29 is 40.9 Å². The summed E-state index contributed by atoms with van der Waals surface area (Å²) in [5.74, 6) is -0.0369. The van der Waals surface area contributed by atoms with Crippen molar-refractivity contribution >= 4 is 5.69 Å². The number of hydrogen-bond donors (Lipinski definition) is 1. The molecule has 0 aliphatic rings. The average Bonchev–Trinajstić information content (AvgIpc) is 2.71. The quantitative estimate of drug-likeness (QED) is 0.280. The lowest BCUT2D eigenvalue weighted by Crippen LogP contribution is -2.40. The van der Waals surface area contributed by atoms with Crippen LogP contribution in [0.4, 0.5) is 32.0 Å². The Kier molecular flexibility index (Phi) is 9.70. The summed E-state index contributed by atoms with van der Waals surface area (Å²) in [6, 6.07) is 11.3. The standard InChI is InChI=1S/C23H27F6NO3/c1-2-3-4-5-12-32-19-10-7-9-18(14-19)30(16-21(31)22(24,25)26)15-17-8-6-11-20(13-17)33-23(27,28)29/h6-11,13-14,21,31H,2-5,12,15-16H2,1H3. The lowest BCUT2D eigenvalue weighted by molar-refractivity contribution is -0.274. The van der Waals surface area contributed by atoms with E-state index in [-0.39, 0.29) is 12.1 Å². The summed E-state index contributed by atoms with van der Waals surface area (Å²) in [6.45, 7) is 1.53. The number of aliphatic hydroxyl groups is 1. The molecule has 1 unspecified atom stereocenters. The molecule has 0 amide bonds. The minimum Gasteiger partial charge on any atom is -0.494 e. The molecule has 10 heteroatoms. The minimum absolute atomic E-state index is 0.192. The van der Waals surface area contributed by atoms with E-state index in [0.717, 1.165) is 37.8 Å². The van der Waals surface area contributed by atoms with Gasteiger partial charge >= 0.3 is 12.5 Å². The van der Waals surface area contributed by atoms with Gasteiger partial charge in [0.15, 0.2) is 6.10 Å². The van der Waals surface area contributed by atoms with Crippen molar-refractivity contribution in [2.75, 3.05) is 18.1 Å². The molecule has 0 fully saturated rings. The Balaban J connectivity index is 2.21. The number of ether oxygens (including phenoxy) is 2. The Morgan fingerprint density at radius 3 is 2.27 bits per heavy atom. The zero-order valence-corrected chi connectivity index (χ0v) is 18.1. The van der Waals surface area contributed by atoms with Crippen LogP contribution >= 0.6 is 0 Å². The van der Waals surface area contributed by atoms with Gasteiger partial charge in [-0.15, -0.1) is 13.2 Å². The second kappa shape index (κ2) is 12.0. The number of halogens is 6. The summed E-state index contributed by atoms with van der Waals surface area (Å²) in [6.07, 6.45) is -8.42. The van der Waals surface area contributed by atoms with Gasteiger partial charge < -0.3 is 19.5 Å². The van der Waals surface area contributed by atoms with Crippen molar-refractivity contribution in [3.05, 3.63) is 54.1 Å². The van der Waals surface area contributed by atoms with Gasteiger partial charge in [-0.25, -0.2) is 0 Å². The van der Waals surface area contributed by atoms with Gasteiger partial charge in [0.25, 0.3) is 0 Å². The lowest BCUT2D eigenvalue weighted by atomic mass is 10.1. The molecule has 33 heavy (non-hydrogen) atoms. The van der Waals surface area contributed by atoms with Crippen molar-refractivity contribution in [3.63, 3.8) is 0 Å². The van der Waals surface area contributed by atoms with Crippen LogP contribution in [-0.4, -0.2) is 36.9 Å². The first-order valence-electron chi connectivity index (χ1n) is 10.5. The van der Waals surface area contributed by atoms with E-state index >= 15 is 0 Å². The summed E-state index contributed by atoms with van der Waals surface area (Å²) in [7, 11) is 0. The third-order valence-corrected chi connectivity index (χ3v) is 4.73. The number of alkyl halides is 6. The van der Waals surface area contributed by atoms with E-state index in [1.807, 2.05) is 0 Å². The van der Waals surface area contributed by atoms with E-state index in [2.05, 4.69) is 11.7 Å². The van der Waals surface area contributed by atoms with E-state index in [4.69, 9.17) is 4.74 Å². The largest absolute Gasteiger partial charge is 0.573 e. The maximum atomic E-state index is 13.0. The third-order valence-electron chi connectivity index (χ3n) is 4.73. The van der Waals surface area contributed by atoms with Crippen molar-refractivity contribution in [1.29, 1.82) is 0 Å². The first-order valence-corrected chi connectivity index (χ1v) is 10.5. The zero-order chi connectivity index (χ0) is 24.5. The van der Waals surface area contributed by atoms with E-state index in [0.29, 0.717) is 18.0 Å². The lowest BCUT2D eigenvalue weighted by Gasteiger charge is -2.29. The molecule has 2 aromatic rings. The number of benzene rings is 2. The Morgan fingerprint density at radius 1 is 0.909 bits per heavy atom. The molecule has 0 heterocycles. The molecule has 184 valence electrons. The number of hydrogen-bond acceptors (Lipinski definition) is 4. The van der Waals surface area contributed by atoms with Crippen LogP contribution in [0.5, 0.6) is 11.5 Å². The third kappa shape index (κ3) is 9.81. The van der Waals surface area contributed by atoms with Crippen LogP contribution < -0.4 is 14.4 Å². The van der Waals surface area contributed by atoms with Crippen molar-refractivity contribution in [1.82, 2.24) is 0 Å². The topological polar surface area (TPSA) is 41.9 Å². The molecule has 1 N–H and O–H groups in total. The molecule has 0 radical (unpaired) electrons. The van der Waals surface area contributed by atoms with Crippen LogP contribution in [-0.2, 0) is 6.54 Å². The smallest absolute Gasteiger partial charge is 0.494 e. The summed E-state index contributed by atoms with van der Waals surface area (Å²) in [5, 5.41) is 9.62. The Morgan fingerprint density at radius 2 is 1.61 bits per heavy atom. The average molecular weight is 479 g/mol. The van der Waals surface area contributed by atoms with E-state index in [1.165, 1.54) is 17.0 Å². The van der Waals surface area contributed by atoms with Crippen LogP contribution in [0.3, 0.4) is 0 Å². The fourth-order valence-corrected chi connectivity index (χ4v) is 3.12. The van der Waals surface area contributed by atoms with Crippen LogP contribution in [0.25, 0.3) is 0 Å². The molecule has 0 saturated carbocycles. The molecule has 0 aliphatic carbocycles. The highest BCUT2D eigenvalue weighted by molar-refractivity contribution is 5.51. The maximum absolute atomic E-state index is 13.0. The summed E-state index contributed by atoms with van der Waals surface area (Å²) >= 11 is 0. The second-order valence-corrected chi connectivity index (χ2v) is 7.54. The number of anilines is 1. The SMILES string of the molecule is CCCCCCOc1cccc(N(Cc2cccc(OC(F)(F)F)c2)CC(O)C(F)(F)F)c1. The van der Waals surface area contributed by atoms with Crippen LogP contribution in [0.15, 0.2) is 48.5 Å². The summed E-state index contributed by atoms with van der Waals surface area (Å²) in [5.41, 5.74) is 0.600. The van der Waals surface area contributed by atoms with Gasteiger partial charge in [-0.05, 0) is 36.2 Å². The minimum atomic E-state index is -4.90. The molecule has 2 rings (SSSR count). The highest BCUT2D eigenvalue weighted by atomic mass is 19.4. The molecule has 0 spiro atoms. The second-order valence-electron chi connectivity index (χ2n) is 7.54. The summed E-state index contributed by atoms with van der Waals surface area (Å²) in [4.78, 5) is 1.23. The van der Waals surface area contributed by atoms with Gasteiger partial charge in [0.05, 0.1) is 13.2 Å². The first-order chi connectivity index (χ1) is 15.5. The number of nitrogens with zero attached hydrogens (tertiary/aromatic N) is 1. The summed E-state index contributed by atoms with van der Waals surface area (Å²) < 4.78 is 86.2. The van der Waals surface area contributed by atoms with Gasteiger partial charge in [0.1, 0.15) is 11.5 Å². The van der Waals surface area contributed by atoms with Gasteiger partial charge in [-0.2, -0.15) is 13.2 Å². The molecule has 0 bridgehead atoms. The first kappa shape index (κ1) is 26.6. The molecule has 4 nitrogen and oxygen atoms in total. The highest BCUT2D eigenvalue weighted by Gasteiger charge is 2.39. The van der Waals surface area contributed by atoms with Crippen molar-refractivity contribution in [2.24, 2.45) is 0 Å². The monoisotopic (exact) mass is 479 g/mol. The predicted molar refractivity (Wildman–Crippen MR) is 112 cm³/mol. The van der Waals surface area contributed by atoms with Crippen LogP contribution in [0, 0.1) is 0 Å². The van der Waals surface area contributed by atoms with E-state index in [9.17, 15) is 31.4 Å². The fraction of sp³-hybridized carbons (Fsp3) is 0.478. The normalized spacial score (nSPS) is 13.0. The van der Waals surface area contributed by atoms with Gasteiger partial charge in [-0.3, -0.25) is 0 Å². The van der Waals surface area contributed by atoms with Crippen LogP contribution in [0.1, 0.15) is 38.2 Å². The van der Waals surface area contributed by atoms with Gasteiger partial charge in [0.2, 0.25) is 0 Å². The van der Waals surface area contributed by atoms with E-state index < -0.39 is 30.9 Å². The number of aliphatic hydroxyl groups excluding tert-OH is 1. The zero-order valence-electron chi connectivity index (χ0n) is 18.1. The maximum Gasteiger partial charge on any atom is 0.573 e. The van der Waals surface area contributed by atoms with Crippen LogP contribution in [0.2, 0.25) is 0 Å². The van der Waals surface area contributed by atoms with Crippen molar-refractivity contribution in [2.45, 2.75) is 57.8 Å². The molecule has 0 aliphatic heterocycles. The molecular formula is C23H27F6NO3. The Bertz CT molecular complexity index is 857. The predicted octanol–water partition coefficient (Wildman–Crippen LogP) is 6.47. The molecule has 0 aromatic heterocycles. The van der Waals surface area contributed by atoms with E-state index in [1.54, 1.807) is 24.3 Å².